The molecular formula is C95H116N2O9S4. The third-order valence-electron chi connectivity index (χ3n) is 21.7. The van der Waals surface area contributed by atoms with Crippen molar-refractivity contribution < 1.29 is 42.7 Å². The lowest BCUT2D eigenvalue weighted by Crippen LogP contribution is -2.29. The van der Waals surface area contributed by atoms with Gasteiger partial charge in [0.05, 0.1) is 76.2 Å². The predicted octanol–water partition coefficient (Wildman–Crippen LogP) is 27.6. The summed E-state index contributed by atoms with van der Waals surface area (Å²) in [4.78, 5) is 38.6. The average molecular weight is 1560 g/mol. The van der Waals surface area contributed by atoms with Gasteiger partial charge in [0.25, 0.3) is 0 Å². The molecular weight excluding hydrogens is 1440 g/mol. The molecule has 4 heterocycles. The molecule has 15 heteroatoms. The van der Waals surface area contributed by atoms with Gasteiger partial charge < -0.3 is 33.2 Å². The van der Waals surface area contributed by atoms with Crippen molar-refractivity contribution in [2.45, 2.75) is 246 Å². The molecule has 584 valence electrons. The third-order valence-corrected chi connectivity index (χ3v) is 26.2. The molecule has 2 aliphatic rings. The van der Waals surface area contributed by atoms with E-state index in [2.05, 4.69) is 165 Å². The van der Waals surface area contributed by atoms with E-state index in [1.54, 1.807) is 12.4 Å². The Balaban J connectivity index is 1.22. The molecule has 12 rings (SSSR count). The van der Waals surface area contributed by atoms with Crippen LogP contribution in [0.4, 0.5) is 0 Å². The highest BCUT2D eigenvalue weighted by Gasteiger charge is 2.55. The molecule has 0 saturated carbocycles. The summed E-state index contributed by atoms with van der Waals surface area (Å²) in [5.41, 5.74) is 11.6. The predicted molar refractivity (Wildman–Crippen MR) is 459 cm³/mol. The van der Waals surface area contributed by atoms with Crippen molar-refractivity contribution in [2.24, 2.45) is 0 Å². The van der Waals surface area contributed by atoms with Gasteiger partial charge in [0.15, 0.2) is 12.6 Å². The van der Waals surface area contributed by atoms with Gasteiger partial charge in [0, 0.05) is 62.6 Å². The summed E-state index contributed by atoms with van der Waals surface area (Å²) < 4.78 is 51.9. The van der Waals surface area contributed by atoms with Gasteiger partial charge in [-0.2, -0.15) is 0 Å². The fourth-order valence-corrected chi connectivity index (χ4v) is 20.7. The van der Waals surface area contributed by atoms with Gasteiger partial charge in [0.2, 0.25) is 0 Å². The van der Waals surface area contributed by atoms with Crippen LogP contribution in [0.2, 0.25) is 0 Å². The average Bonchev–Trinajstić information content (AvgIpc) is 1.49. The molecule has 2 aliphatic carbocycles. The number of thiazole rings is 2. The standard InChI is InChI=1S/C95H116N2O9S4/c1-9-16-23-30-41-100-73-49-66(8)48-69(52-73)94(70-53-74(101-42-31-24-17-10-2)59-75(54-70)102-43-32-25-18-11-3)84-50-67(92-96-62-80(64-98)107-92)37-39-82(84)88-86(94)90-91(109-88)87-89(110-90)83-40-38-68(93-97-63-81(65-99)108-93)51-85(83)95(87,71-55-76(103-44-33-26-19-12-4)60-77(56-71)104-45-34-27-20-13-5)72-57-78(105-46-35-28-21-14-6)61-79(58-72)106-47-36-29-22-15-7/h37-40,48-65H,9-36,41-47H2,1-8H3. The van der Waals surface area contributed by atoms with Crippen LogP contribution in [0, 0.1) is 6.92 Å². The van der Waals surface area contributed by atoms with Crippen LogP contribution in [0.1, 0.15) is 298 Å². The number of unbranched alkanes of at least 4 members (excludes halogenated alkanes) is 21. The Morgan fingerprint density at radius 2 is 0.591 bits per heavy atom. The van der Waals surface area contributed by atoms with Crippen LogP contribution in [-0.4, -0.2) is 68.8 Å². The molecule has 0 bridgehead atoms. The number of fused-ring (bicyclic) bond motifs is 9. The summed E-state index contributed by atoms with van der Waals surface area (Å²) in [5.74, 6) is 5.36. The van der Waals surface area contributed by atoms with Gasteiger partial charge >= 0.3 is 0 Å². The van der Waals surface area contributed by atoms with Crippen molar-refractivity contribution in [3.8, 4) is 82.3 Å². The second-order valence-electron chi connectivity index (χ2n) is 30.1. The van der Waals surface area contributed by atoms with E-state index in [0.29, 0.717) is 56.0 Å². The second kappa shape index (κ2) is 40.6. The molecule has 0 N–H and O–H groups in total. The molecule has 10 aromatic rings. The van der Waals surface area contributed by atoms with E-state index in [-0.39, 0.29) is 0 Å². The Hall–Kier alpha value is -7.82. The van der Waals surface area contributed by atoms with Gasteiger partial charge in [0.1, 0.15) is 50.3 Å². The van der Waals surface area contributed by atoms with Crippen molar-refractivity contribution in [1.29, 1.82) is 0 Å². The summed E-state index contributed by atoms with van der Waals surface area (Å²) in [6.45, 7) is 21.9. The monoisotopic (exact) mass is 1560 g/mol. The Morgan fingerprint density at radius 3 is 0.855 bits per heavy atom. The first-order valence-electron chi connectivity index (χ1n) is 41.8. The smallest absolute Gasteiger partial charge is 0.161 e. The van der Waals surface area contributed by atoms with Crippen molar-refractivity contribution in [2.75, 3.05) is 46.2 Å². The van der Waals surface area contributed by atoms with Gasteiger partial charge in [-0.15, -0.1) is 45.3 Å². The highest BCUT2D eigenvalue weighted by molar-refractivity contribution is 7.32. The molecule has 0 spiro atoms. The van der Waals surface area contributed by atoms with Gasteiger partial charge in [-0.05, 0) is 163 Å². The van der Waals surface area contributed by atoms with Crippen molar-refractivity contribution in [3.63, 3.8) is 0 Å². The lowest BCUT2D eigenvalue weighted by atomic mass is 9.66. The number of carbonyl (C=O) groups excluding carboxylic acids is 2. The number of benzene rings is 6. The second-order valence-corrected chi connectivity index (χ2v) is 34.3. The number of thiophene rings is 2. The number of rotatable bonds is 50. The number of aromatic nitrogens is 2. The molecule has 1 atom stereocenters. The molecule has 4 aromatic heterocycles. The molecule has 0 saturated heterocycles. The first kappa shape index (κ1) is 81.7. The van der Waals surface area contributed by atoms with E-state index in [1.807, 2.05) is 22.7 Å². The summed E-state index contributed by atoms with van der Waals surface area (Å²) >= 11 is 6.58. The van der Waals surface area contributed by atoms with E-state index >= 15 is 0 Å². The van der Waals surface area contributed by atoms with Gasteiger partial charge in [-0.3, -0.25) is 9.59 Å². The van der Waals surface area contributed by atoms with Crippen LogP contribution in [0.3, 0.4) is 0 Å². The van der Waals surface area contributed by atoms with Crippen molar-refractivity contribution >= 4 is 67.3 Å². The van der Waals surface area contributed by atoms with E-state index in [4.69, 9.17) is 43.1 Å². The number of hydrogen-bond donors (Lipinski definition) is 0. The summed E-state index contributed by atoms with van der Waals surface area (Å²) in [6.07, 6.45) is 35.1. The van der Waals surface area contributed by atoms with Crippen LogP contribution in [0.5, 0.6) is 40.2 Å². The third kappa shape index (κ3) is 18.8. The van der Waals surface area contributed by atoms with Gasteiger partial charge in [-0.25, -0.2) is 9.97 Å². The molecule has 1 unspecified atom stereocenters. The molecule has 110 heavy (non-hydrogen) atoms. The lowest BCUT2D eigenvalue weighted by molar-refractivity contribution is 0.111. The maximum atomic E-state index is 12.6. The fourth-order valence-electron chi connectivity index (χ4n) is 16.1. The normalized spacial score (nSPS) is 13.8. The minimum absolute atomic E-state index is 0.560. The van der Waals surface area contributed by atoms with Crippen molar-refractivity contribution in [3.05, 3.63) is 181 Å². The Labute approximate surface area is 671 Å². The topological polar surface area (TPSA) is 125 Å². The van der Waals surface area contributed by atoms with Crippen LogP contribution in [0.25, 0.3) is 51.4 Å². The van der Waals surface area contributed by atoms with E-state index in [9.17, 15) is 9.59 Å². The Bertz CT molecular complexity index is 4460. The highest BCUT2D eigenvalue weighted by Crippen LogP contribution is 2.70. The summed E-state index contributed by atoms with van der Waals surface area (Å²) in [5, 5.41) is 1.54. The number of hydrogen-bond acceptors (Lipinski definition) is 15. The number of ether oxygens (including phenoxy) is 7. The number of aryl methyl sites for hydroxylation is 1. The van der Waals surface area contributed by atoms with Crippen molar-refractivity contribution in [1.82, 2.24) is 9.97 Å². The summed E-state index contributed by atoms with van der Waals surface area (Å²) in [7, 11) is 0. The zero-order valence-corrected chi connectivity index (χ0v) is 69.9. The van der Waals surface area contributed by atoms with Gasteiger partial charge in [-0.1, -0.05) is 214 Å². The summed E-state index contributed by atoms with van der Waals surface area (Å²) in [6, 6.07) is 40.9. The first-order chi connectivity index (χ1) is 54.1. The van der Waals surface area contributed by atoms with Crippen LogP contribution in [-0.2, 0) is 10.8 Å². The molecule has 0 aliphatic heterocycles. The van der Waals surface area contributed by atoms with Crippen LogP contribution >= 0.6 is 45.3 Å². The maximum absolute atomic E-state index is 12.6. The molecule has 0 amide bonds. The van der Waals surface area contributed by atoms with Crippen LogP contribution < -0.4 is 33.2 Å². The maximum Gasteiger partial charge on any atom is 0.161 e. The largest absolute Gasteiger partial charge is 0.494 e. The van der Waals surface area contributed by atoms with E-state index in [1.165, 1.54) is 32.9 Å². The lowest BCUT2D eigenvalue weighted by Gasteiger charge is -2.35. The zero-order valence-electron chi connectivity index (χ0n) is 66.7. The quantitative estimate of drug-likeness (QED) is 0.0267. The SMILES string of the molecule is CCCCCCOc1cc(C)cc(C2(c3cc(OCCCCCC)cc(OCCCCCC)c3)c3cc(-c4ncc(C=O)s4)ccc3-c3sc4c5c(sc4c32)-c2ccc(-c3ncc(C=O)s3)cc2C5(c2cc(OCCCCCC)cc(OCCCCCC)c2)c2cc(OCCCCCC)cc(OCCCCCC)c2)c1. The van der Waals surface area contributed by atoms with E-state index in [0.717, 1.165) is 324 Å². The molecule has 11 nitrogen and oxygen atoms in total. The zero-order chi connectivity index (χ0) is 76.7. The number of nitrogens with zero attached hydrogens (tertiary/aromatic N) is 2. The first-order valence-corrected chi connectivity index (χ1v) is 45.0. The number of aldehydes is 2. The minimum Gasteiger partial charge on any atom is -0.494 e. The molecule has 6 aromatic carbocycles. The van der Waals surface area contributed by atoms with E-state index < -0.39 is 10.8 Å². The number of carbonyl (C=O) groups is 2. The molecule has 0 fully saturated rings. The Kier molecular flexibility index (Phi) is 30.1. The highest BCUT2D eigenvalue weighted by atomic mass is 32.1. The Morgan fingerprint density at radius 1 is 0.318 bits per heavy atom. The van der Waals surface area contributed by atoms with Crippen LogP contribution in [0.15, 0.2) is 122 Å². The molecule has 0 radical (unpaired) electrons. The minimum atomic E-state index is -1.12. The fraction of sp³-hybridized carbons (Fsp3) is 0.474.